The summed E-state index contributed by atoms with van der Waals surface area (Å²) in [7, 11) is 0. The minimum absolute atomic E-state index is 0.0272. The summed E-state index contributed by atoms with van der Waals surface area (Å²) >= 11 is 0. The number of anilines is 1. The largest absolute Gasteiger partial charge is 0.507 e. The van der Waals surface area contributed by atoms with Crippen molar-refractivity contribution in [1.29, 1.82) is 0 Å². The number of nitrogens with two attached hydrogens (primary N) is 1. The topological polar surface area (TPSA) is 69.8 Å². The van der Waals surface area contributed by atoms with Crippen molar-refractivity contribution in [3.8, 4) is 5.75 Å². The molecular weight excluding hydrogens is 338 g/mol. The molecule has 3 N–H and O–H groups in total. The number of likely N-dealkylation sites (tertiary alicyclic amines) is 1. The molecule has 0 amide bonds. The van der Waals surface area contributed by atoms with Crippen molar-refractivity contribution in [2.75, 3.05) is 24.5 Å². The van der Waals surface area contributed by atoms with Crippen LogP contribution in [0.3, 0.4) is 0 Å². The molecule has 0 aromatic heterocycles. The third-order valence-electron chi connectivity index (χ3n) is 5.57. The van der Waals surface area contributed by atoms with Crippen LogP contribution in [-0.2, 0) is 6.42 Å². The molecule has 5 heteroatoms. The van der Waals surface area contributed by atoms with Crippen LogP contribution in [0.15, 0.2) is 60.8 Å². The van der Waals surface area contributed by atoms with E-state index in [-0.39, 0.29) is 11.5 Å². The van der Waals surface area contributed by atoms with Crippen molar-refractivity contribution in [2.24, 2.45) is 5.73 Å². The van der Waals surface area contributed by atoms with Gasteiger partial charge in [0.25, 0.3) is 0 Å². The third-order valence-corrected chi connectivity index (χ3v) is 5.57. The zero-order chi connectivity index (χ0) is 18.8. The molecule has 2 bridgehead atoms. The van der Waals surface area contributed by atoms with Crippen LogP contribution in [0.25, 0.3) is 0 Å². The maximum atomic E-state index is 12.3. The first-order chi connectivity index (χ1) is 13.2. The summed E-state index contributed by atoms with van der Waals surface area (Å²) in [5.41, 5.74) is 8.50. The lowest BCUT2D eigenvalue weighted by atomic mass is 10.1. The Morgan fingerprint density at radius 1 is 1.11 bits per heavy atom. The average molecular weight is 363 g/mol. The summed E-state index contributed by atoms with van der Waals surface area (Å²) in [5, 5.41) is 9.81. The maximum Gasteiger partial charge on any atom is 0.190 e. The number of phenols is 1. The number of carbonyl (C=O) groups is 1. The number of aromatic hydroxyl groups is 1. The van der Waals surface area contributed by atoms with Crippen LogP contribution in [0.2, 0.25) is 0 Å². The monoisotopic (exact) mass is 363 g/mol. The van der Waals surface area contributed by atoms with Crippen LogP contribution in [0.1, 0.15) is 22.3 Å². The zero-order valence-corrected chi connectivity index (χ0v) is 15.3. The quantitative estimate of drug-likeness (QED) is 0.610. The zero-order valence-electron chi connectivity index (χ0n) is 15.3. The number of rotatable bonds is 6. The normalized spacial score (nSPS) is 21.4. The van der Waals surface area contributed by atoms with Gasteiger partial charge in [0.2, 0.25) is 0 Å². The Morgan fingerprint density at radius 3 is 2.56 bits per heavy atom. The predicted octanol–water partition coefficient (Wildman–Crippen LogP) is 2.55. The number of allylic oxidation sites excluding steroid dienone is 1. The standard InChI is InChI=1S/C22H25N3O2/c23-11-9-16-5-7-17(8-6-16)25-15-18-13-19(25)14-24(18)12-10-22(27)20-3-1-2-4-21(20)26/h1-8,10,12,18-19,26H,9,11,13-15,23H2/b12-10+/t18-,19-/m0/s1. The van der Waals surface area contributed by atoms with Crippen molar-refractivity contribution in [2.45, 2.75) is 24.9 Å². The molecule has 0 unspecified atom stereocenters. The fourth-order valence-corrected chi connectivity index (χ4v) is 4.15. The Balaban J connectivity index is 1.38. The molecular formula is C22H25N3O2. The van der Waals surface area contributed by atoms with E-state index in [1.54, 1.807) is 24.3 Å². The molecule has 0 spiro atoms. The second-order valence-electron chi connectivity index (χ2n) is 7.29. The summed E-state index contributed by atoms with van der Waals surface area (Å²) in [6, 6.07) is 16.3. The summed E-state index contributed by atoms with van der Waals surface area (Å²) in [6.45, 7) is 2.56. The Bertz CT molecular complexity index is 847. The highest BCUT2D eigenvalue weighted by Gasteiger charge is 2.42. The van der Waals surface area contributed by atoms with E-state index in [0.29, 0.717) is 24.2 Å². The van der Waals surface area contributed by atoms with E-state index < -0.39 is 0 Å². The molecule has 2 atom stereocenters. The van der Waals surface area contributed by atoms with Gasteiger partial charge in [0, 0.05) is 43.1 Å². The van der Waals surface area contributed by atoms with Gasteiger partial charge in [-0.15, -0.1) is 0 Å². The molecule has 2 saturated heterocycles. The number of para-hydroxylation sites is 1. The number of phenolic OH excluding ortho intramolecular Hbond substituents is 1. The minimum atomic E-state index is -0.164. The van der Waals surface area contributed by atoms with Gasteiger partial charge in [-0.3, -0.25) is 4.79 Å². The second kappa shape index (κ2) is 7.45. The van der Waals surface area contributed by atoms with Crippen LogP contribution in [-0.4, -0.2) is 47.5 Å². The number of ketones is 1. The third kappa shape index (κ3) is 3.55. The molecule has 0 radical (unpaired) electrons. The number of benzene rings is 2. The van der Waals surface area contributed by atoms with Crippen LogP contribution >= 0.6 is 0 Å². The van der Waals surface area contributed by atoms with Gasteiger partial charge in [0.1, 0.15) is 5.75 Å². The van der Waals surface area contributed by atoms with Gasteiger partial charge >= 0.3 is 0 Å². The molecule has 2 heterocycles. The van der Waals surface area contributed by atoms with Gasteiger partial charge in [0.05, 0.1) is 5.56 Å². The van der Waals surface area contributed by atoms with Crippen LogP contribution in [0.4, 0.5) is 5.69 Å². The molecule has 0 aliphatic carbocycles. The van der Waals surface area contributed by atoms with Gasteiger partial charge in [0.15, 0.2) is 5.78 Å². The Labute approximate surface area is 159 Å². The number of hydrogen-bond acceptors (Lipinski definition) is 5. The number of hydrogen-bond donors (Lipinski definition) is 2. The molecule has 0 saturated carbocycles. The maximum absolute atomic E-state index is 12.3. The predicted molar refractivity (Wildman–Crippen MR) is 107 cm³/mol. The van der Waals surface area contributed by atoms with E-state index in [9.17, 15) is 9.90 Å². The summed E-state index contributed by atoms with van der Waals surface area (Å²) < 4.78 is 0. The van der Waals surface area contributed by atoms with Crippen molar-refractivity contribution in [3.63, 3.8) is 0 Å². The summed E-state index contributed by atoms with van der Waals surface area (Å²) in [5.74, 6) is -0.137. The Hall–Kier alpha value is -2.79. The number of fused-ring (bicyclic) bond motifs is 2. The molecule has 2 aromatic carbocycles. The van der Waals surface area contributed by atoms with Crippen molar-refractivity contribution >= 4 is 11.5 Å². The first-order valence-electron chi connectivity index (χ1n) is 9.47. The SMILES string of the molecule is NCCc1ccc(N2C[C@@H]3C[C@H]2CN3/C=C/C(=O)c2ccccc2O)cc1. The van der Waals surface area contributed by atoms with Gasteiger partial charge < -0.3 is 20.6 Å². The second-order valence-corrected chi connectivity index (χ2v) is 7.29. The van der Waals surface area contributed by atoms with Crippen LogP contribution in [0.5, 0.6) is 5.75 Å². The van der Waals surface area contributed by atoms with E-state index in [4.69, 9.17) is 5.73 Å². The smallest absolute Gasteiger partial charge is 0.190 e. The lowest BCUT2D eigenvalue weighted by Gasteiger charge is -2.35. The van der Waals surface area contributed by atoms with Crippen molar-refractivity contribution in [3.05, 3.63) is 71.9 Å². The first kappa shape index (κ1) is 17.6. The van der Waals surface area contributed by atoms with Gasteiger partial charge in [-0.05, 0) is 49.2 Å². The van der Waals surface area contributed by atoms with Crippen molar-refractivity contribution < 1.29 is 9.90 Å². The number of nitrogens with zero attached hydrogens (tertiary/aromatic N) is 2. The highest BCUT2D eigenvalue weighted by molar-refractivity contribution is 6.06. The number of piperazine rings is 1. The molecule has 2 aliphatic rings. The van der Waals surface area contributed by atoms with E-state index in [1.165, 1.54) is 17.3 Å². The van der Waals surface area contributed by atoms with Gasteiger partial charge in [-0.1, -0.05) is 24.3 Å². The summed E-state index contributed by atoms with van der Waals surface area (Å²) in [4.78, 5) is 17.0. The highest BCUT2D eigenvalue weighted by atomic mass is 16.3. The molecule has 140 valence electrons. The fourth-order valence-electron chi connectivity index (χ4n) is 4.15. The molecule has 5 nitrogen and oxygen atoms in total. The average Bonchev–Trinajstić information content (AvgIpc) is 3.28. The van der Waals surface area contributed by atoms with Crippen molar-refractivity contribution in [1.82, 2.24) is 4.90 Å². The van der Waals surface area contributed by atoms with E-state index in [0.717, 1.165) is 25.9 Å². The first-order valence-corrected chi connectivity index (χ1v) is 9.47. The lowest BCUT2D eigenvalue weighted by molar-refractivity contribution is 0.104. The number of carbonyl (C=O) groups excluding carboxylic acids is 1. The van der Waals surface area contributed by atoms with Crippen LogP contribution < -0.4 is 10.6 Å². The van der Waals surface area contributed by atoms with E-state index in [2.05, 4.69) is 34.1 Å². The molecule has 2 aromatic rings. The van der Waals surface area contributed by atoms with E-state index in [1.807, 2.05) is 6.20 Å². The Kier molecular flexibility index (Phi) is 4.86. The molecule has 27 heavy (non-hydrogen) atoms. The molecule has 4 rings (SSSR count). The summed E-state index contributed by atoms with van der Waals surface area (Å²) in [6.07, 6.45) is 5.48. The van der Waals surface area contributed by atoms with Gasteiger partial charge in [-0.25, -0.2) is 0 Å². The fraction of sp³-hybridized carbons (Fsp3) is 0.318. The van der Waals surface area contributed by atoms with E-state index >= 15 is 0 Å². The lowest BCUT2D eigenvalue weighted by Crippen LogP contribution is -2.44. The highest BCUT2D eigenvalue weighted by Crippen LogP contribution is 2.34. The van der Waals surface area contributed by atoms with Crippen LogP contribution in [0, 0.1) is 0 Å². The molecule has 2 fully saturated rings. The van der Waals surface area contributed by atoms with Gasteiger partial charge in [-0.2, -0.15) is 0 Å². The Morgan fingerprint density at radius 2 is 1.89 bits per heavy atom. The minimum Gasteiger partial charge on any atom is -0.507 e. The molecule has 2 aliphatic heterocycles.